The molecule has 0 fully saturated rings. The van der Waals surface area contributed by atoms with E-state index in [0.717, 1.165) is 12.2 Å². The molecule has 1 N–H and O–H groups in total. The molecule has 0 saturated carbocycles. The van der Waals surface area contributed by atoms with Crippen molar-refractivity contribution in [2.75, 3.05) is 5.32 Å². The fourth-order valence-corrected chi connectivity index (χ4v) is 1.93. The summed E-state index contributed by atoms with van der Waals surface area (Å²) in [4.78, 5) is 3.99. The maximum Gasteiger partial charge on any atom is 0.101 e. The number of hydrogen-bond donors (Lipinski definition) is 1. The van der Waals surface area contributed by atoms with E-state index in [1.165, 1.54) is 0 Å². The van der Waals surface area contributed by atoms with Crippen LogP contribution in [0, 0.1) is 11.3 Å². The molecular weight excluding hydrogens is 248 g/mol. The lowest BCUT2D eigenvalue weighted by Crippen LogP contribution is -2.21. The Balaban J connectivity index is 2.09. The van der Waals surface area contributed by atoms with Gasteiger partial charge < -0.3 is 9.88 Å². The summed E-state index contributed by atoms with van der Waals surface area (Å²) in [6.07, 6.45) is 5.41. The zero-order valence-electron chi connectivity index (χ0n) is 9.97. The third kappa shape index (κ3) is 3.02. The second-order valence-electron chi connectivity index (χ2n) is 4.11. The fourth-order valence-electron chi connectivity index (χ4n) is 1.76. The van der Waals surface area contributed by atoms with Gasteiger partial charge in [0.2, 0.25) is 0 Å². The van der Waals surface area contributed by atoms with Gasteiger partial charge in [-0.25, -0.2) is 4.98 Å². The van der Waals surface area contributed by atoms with Crippen LogP contribution in [-0.2, 0) is 6.54 Å². The van der Waals surface area contributed by atoms with Gasteiger partial charge in [-0.1, -0.05) is 11.6 Å². The van der Waals surface area contributed by atoms with E-state index in [-0.39, 0.29) is 6.04 Å². The van der Waals surface area contributed by atoms with E-state index in [2.05, 4.69) is 16.4 Å². The minimum atomic E-state index is 0.171. The van der Waals surface area contributed by atoms with Gasteiger partial charge in [0, 0.05) is 30.0 Å². The molecular formula is C13H13ClN4. The average Bonchev–Trinajstić information content (AvgIpc) is 2.82. The number of imidazole rings is 1. The van der Waals surface area contributed by atoms with Gasteiger partial charge in [0.15, 0.2) is 0 Å². The van der Waals surface area contributed by atoms with Crippen LogP contribution in [0.1, 0.15) is 12.5 Å². The Morgan fingerprint density at radius 3 is 3.06 bits per heavy atom. The van der Waals surface area contributed by atoms with Crippen LogP contribution in [-0.4, -0.2) is 15.6 Å². The quantitative estimate of drug-likeness (QED) is 0.920. The van der Waals surface area contributed by atoms with Crippen molar-refractivity contribution in [3.8, 4) is 6.07 Å². The smallest absolute Gasteiger partial charge is 0.101 e. The van der Waals surface area contributed by atoms with Crippen LogP contribution in [0.4, 0.5) is 5.69 Å². The number of aromatic nitrogens is 2. The first kappa shape index (κ1) is 12.5. The molecule has 92 valence electrons. The molecule has 0 spiro atoms. The summed E-state index contributed by atoms with van der Waals surface area (Å²) in [5, 5.41) is 12.9. The Morgan fingerprint density at radius 2 is 2.39 bits per heavy atom. The molecule has 1 aromatic carbocycles. The number of halogens is 1. The van der Waals surface area contributed by atoms with Crippen molar-refractivity contribution in [3.63, 3.8) is 0 Å². The second kappa shape index (κ2) is 5.56. The van der Waals surface area contributed by atoms with Gasteiger partial charge in [-0.05, 0) is 25.1 Å². The highest BCUT2D eigenvalue weighted by Gasteiger charge is 2.07. The molecule has 2 aromatic rings. The summed E-state index contributed by atoms with van der Waals surface area (Å²) in [7, 11) is 0. The van der Waals surface area contributed by atoms with Crippen LogP contribution in [0.15, 0.2) is 36.9 Å². The summed E-state index contributed by atoms with van der Waals surface area (Å²) < 4.78 is 1.98. The number of nitrogens with one attached hydrogen (secondary N) is 1. The lowest BCUT2D eigenvalue weighted by molar-refractivity contribution is 0.619. The van der Waals surface area contributed by atoms with Crippen LogP contribution in [0.25, 0.3) is 0 Å². The number of nitriles is 1. The van der Waals surface area contributed by atoms with E-state index in [9.17, 15) is 0 Å². The van der Waals surface area contributed by atoms with E-state index in [1.54, 1.807) is 30.7 Å². The van der Waals surface area contributed by atoms with Gasteiger partial charge in [-0.2, -0.15) is 5.26 Å². The second-order valence-corrected chi connectivity index (χ2v) is 4.54. The Kier molecular flexibility index (Phi) is 3.85. The molecule has 0 saturated heterocycles. The average molecular weight is 261 g/mol. The molecule has 0 aliphatic rings. The molecule has 18 heavy (non-hydrogen) atoms. The van der Waals surface area contributed by atoms with Gasteiger partial charge >= 0.3 is 0 Å². The van der Waals surface area contributed by atoms with Gasteiger partial charge in [-0.15, -0.1) is 0 Å². The maximum atomic E-state index is 9.03. The summed E-state index contributed by atoms with van der Waals surface area (Å²) in [6.45, 7) is 2.82. The largest absolute Gasteiger partial charge is 0.380 e. The fraction of sp³-hybridized carbons (Fsp3) is 0.231. The van der Waals surface area contributed by atoms with Crippen LogP contribution < -0.4 is 5.32 Å². The molecule has 0 bridgehead atoms. The molecule has 2 rings (SSSR count). The molecule has 0 radical (unpaired) electrons. The number of rotatable bonds is 4. The van der Waals surface area contributed by atoms with Crippen LogP contribution in [0.2, 0.25) is 5.02 Å². The Bertz CT molecular complexity index is 557. The topological polar surface area (TPSA) is 53.6 Å². The van der Waals surface area contributed by atoms with E-state index >= 15 is 0 Å². The van der Waals surface area contributed by atoms with E-state index in [1.807, 2.05) is 17.7 Å². The van der Waals surface area contributed by atoms with Gasteiger partial charge in [0.05, 0.1) is 17.6 Å². The molecule has 0 amide bonds. The third-order valence-electron chi connectivity index (χ3n) is 2.55. The molecule has 1 aromatic heterocycles. The van der Waals surface area contributed by atoms with Crippen molar-refractivity contribution in [2.45, 2.75) is 19.5 Å². The molecule has 0 aliphatic carbocycles. The predicted molar refractivity (Wildman–Crippen MR) is 71.5 cm³/mol. The van der Waals surface area contributed by atoms with E-state index in [4.69, 9.17) is 16.9 Å². The minimum Gasteiger partial charge on any atom is -0.380 e. The summed E-state index contributed by atoms with van der Waals surface area (Å²) >= 11 is 5.94. The Hall–Kier alpha value is -1.99. The Morgan fingerprint density at radius 1 is 1.56 bits per heavy atom. The van der Waals surface area contributed by atoms with Crippen molar-refractivity contribution in [1.29, 1.82) is 5.26 Å². The first-order chi connectivity index (χ1) is 8.69. The molecule has 1 atom stereocenters. The highest BCUT2D eigenvalue weighted by atomic mass is 35.5. The molecule has 1 heterocycles. The zero-order chi connectivity index (χ0) is 13.0. The molecule has 4 nitrogen and oxygen atoms in total. The highest BCUT2D eigenvalue weighted by Crippen LogP contribution is 2.21. The third-order valence-corrected chi connectivity index (χ3v) is 2.78. The lowest BCUT2D eigenvalue weighted by Gasteiger charge is -2.16. The molecule has 5 heteroatoms. The number of nitrogens with zero attached hydrogens (tertiary/aromatic N) is 3. The summed E-state index contributed by atoms with van der Waals surface area (Å²) in [6, 6.07) is 7.52. The maximum absolute atomic E-state index is 9.03. The van der Waals surface area contributed by atoms with Crippen molar-refractivity contribution in [3.05, 3.63) is 47.5 Å². The van der Waals surface area contributed by atoms with Crippen LogP contribution in [0.5, 0.6) is 0 Å². The molecule has 0 aliphatic heterocycles. The lowest BCUT2D eigenvalue weighted by atomic mass is 10.2. The summed E-state index contributed by atoms with van der Waals surface area (Å²) in [5.41, 5.74) is 1.36. The monoisotopic (exact) mass is 260 g/mol. The van der Waals surface area contributed by atoms with Crippen molar-refractivity contribution in [1.82, 2.24) is 9.55 Å². The van der Waals surface area contributed by atoms with Crippen molar-refractivity contribution >= 4 is 17.3 Å². The van der Waals surface area contributed by atoms with E-state index < -0.39 is 0 Å². The predicted octanol–water partition coefficient (Wildman–Crippen LogP) is 2.91. The number of hydrogen-bond acceptors (Lipinski definition) is 3. The van der Waals surface area contributed by atoms with Gasteiger partial charge in [0.1, 0.15) is 6.07 Å². The standard InChI is InChI=1S/C13H13ClN4/c1-10(8-18-5-4-16-9-18)17-13-6-12(14)3-2-11(13)7-15/h2-6,9-10,17H,8H2,1H3. The minimum absolute atomic E-state index is 0.171. The SMILES string of the molecule is CC(Cn1ccnc1)Nc1cc(Cl)ccc1C#N. The normalized spacial score (nSPS) is 11.8. The first-order valence-electron chi connectivity index (χ1n) is 5.61. The summed E-state index contributed by atoms with van der Waals surface area (Å²) in [5.74, 6) is 0. The molecule has 1 unspecified atom stereocenters. The van der Waals surface area contributed by atoms with E-state index in [0.29, 0.717) is 10.6 Å². The number of anilines is 1. The highest BCUT2D eigenvalue weighted by molar-refractivity contribution is 6.30. The zero-order valence-corrected chi connectivity index (χ0v) is 10.7. The van der Waals surface area contributed by atoms with Crippen LogP contribution in [0.3, 0.4) is 0 Å². The first-order valence-corrected chi connectivity index (χ1v) is 5.99. The van der Waals surface area contributed by atoms with Gasteiger partial charge in [-0.3, -0.25) is 0 Å². The number of benzene rings is 1. The van der Waals surface area contributed by atoms with Gasteiger partial charge in [0.25, 0.3) is 0 Å². The Labute approximate surface area is 111 Å². The van der Waals surface area contributed by atoms with Crippen molar-refractivity contribution in [2.24, 2.45) is 0 Å². The van der Waals surface area contributed by atoms with Crippen molar-refractivity contribution < 1.29 is 0 Å². The van der Waals surface area contributed by atoms with Crippen LogP contribution >= 0.6 is 11.6 Å².